The Morgan fingerprint density at radius 3 is 2.63 bits per heavy atom. The number of halogens is 3. The highest BCUT2D eigenvalue weighted by Gasteiger charge is 2.35. The molecule has 1 aliphatic rings. The summed E-state index contributed by atoms with van der Waals surface area (Å²) in [4.78, 5) is 13.2. The van der Waals surface area contributed by atoms with Gasteiger partial charge in [-0.1, -0.05) is 43.5 Å². The van der Waals surface area contributed by atoms with Gasteiger partial charge in [0.2, 0.25) is 5.91 Å². The summed E-state index contributed by atoms with van der Waals surface area (Å²) in [6.45, 7) is 1.19. The van der Waals surface area contributed by atoms with E-state index in [1.165, 1.54) is 0 Å². The lowest BCUT2D eigenvalue weighted by molar-refractivity contribution is -0.120. The van der Waals surface area contributed by atoms with E-state index in [0.29, 0.717) is 18.2 Å². The van der Waals surface area contributed by atoms with E-state index in [1.54, 1.807) is 17.5 Å². The Morgan fingerprint density at radius 2 is 1.90 bits per heavy atom. The molecule has 1 atom stereocenters. The van der Waals surface area contributed by atoms with Crippen molar-refractivity contribution in [2.75, 3.05) is 13.2 Å². The van der Waals surface area contributed by atoms with Crippen molar-refractivity contribution in [3.63, 3.8) is 0 Å². The van der Waals surface area contributed by atoms with Crippen molar-refractivity contribution in [1.82, 2.24) is 5.32 Å². The van der Waals surface area contributed by atoms with E-state index < -0.39 is 14.0 Å². The number of hydrogen-bond donors (Lipinski definition) is 1. The van der Waals surface area contributed by atoms with Gasteiger partial charge in [-0.05, 0) is 70.8 Å². The third-order valence-corrected chi connectivity index (χ3v) is 8.37. The van der Waals surface area contributed by atoms with E-state index in [9.17, 15) is 4.79 Å². The largest absolute Gasteiger partial charge is 0.333 e. The van der Waals surface area contributed by atoms with Crippen molar-refractivity contribution in [3.8, 4) is 0 Å². The van der Waals surface area contributed by atoms with Crippen LogP contribution in [0.2, 0.25) is 5.02 Å². The first-order chi connectivity index (χ1) is 14.5. The highest BCUT2D eigenvalue weighted by Crippen LogP contribution is 2.56. The molecule has 1 N–H and O–H groups in total. The number of amides is 1. The second-order valence-corrected chi connectivity index (χ2v) is 11.4. The lowest BCUT2D eigenvalue weighted by Gasteiger charge is -2.28. The van der Waals surface area contributed by atoms with Gasteiger partial charge in [-0.15, -0.1) is 11.3 Å². The SMILES string of the molecule is O=C(NC=Cc1cc(Br)cc(Br)c1)C(c1csc2ccc(Cl)cc12)P1OCCCO1. The van der Waals surface area contributed by atoms with Crippen molar-refractivity contribution in [3.05, 3.63) is 73.1 Å². The highest BCUT2D eigenvalue weighted by atomic mass is 79.9. The lowest BCUT2D eigenvalue weighted by Crippen LogP contribution is -2.26. The van der Waals surface area contributed by atoms with Gasteiger partial charge in [0, 0.05) is 24.9 Å². The Bertz CT molecular complexity index is 1080. The molecule has 3 aromatic rings. The van der Waals surface area contributed by atoms with Crippen LogP contribution in [0.1, 0.15) is 23.2 Å². The van der Waals surface area contributed by atoms with Gasteiger partial charge in [-0.25, -0.2) is 0 Å². The van der Waals surface area contributed by atoms with E-state index in [2.05, 4.69) is 37.2 Å². The Morgan fingerprint density at radius 1 is 1.17 bits per heavy atom. The summed E-state index contributed by atoms with van der Waals surface area (Å²) in [6.07, 6.45) is 4.34. The molecule has 0 saturated carbocycles. The molecule has 0 aliphatic carbocycles. The van der Waals surface area contributed by atoms with Gasteiger partial charge in [0.25, 0.3) is 0 Å². The van der Waals surface area contributed by atoms with Crippen LogP contribution in [0.4, 0.5) is 0 Å². The molecule has 1 fully saturated rings. The molecule has 1 saturated heterocycles. The molecule has 1 aliphatic heterocycles. The molecule has 0 radical (unpaired) electrons. The monoisotopic (exact) mass is 587 g/mol. The van der Waals surface area contributed by atoms with Gasteiger partial charge in [0.15, 0.2) is 8.38 Å². The van der Waals surface area contributed by atoms with Crippen LogP contribution in [0.25, 0.3) is 16.2 Å². The van der Waals surface area contributed by atoms with Crippen molar-refractivity contribution < 1.29 is 13.8 Å². The fraction of sp³-hybridized carbons (Fsp3) is 0.190. The molecule has 156 valence electrons. The summed E-state index contributed by atoms with van der Waals surface area (Å²) in [7, 11) is -1.39. The van der Waals surface area contributed by atoms with Gasteiger partial charge in [0.05, 0.1) is 13.2 Å². The van der Waals surface area contributed by atoms with Crippen molar-refractivity contribution in [2.24, 2.45) is 0 Å². The van der Waals surface area contributed by atoms with Crippen molar-refractivity contribution in [2.45, 2.75) is 12.1 Å². The molecule has 0 spiro atoms. The predicted octanol–water partition coefficient (Wildman–Crippen LogP) is 7.66. The maximum Gasteiger partial charge on any atom is 0.240 e. The van der Waals surface area contributed by atoms with E-state index in [4.69, 9.17) is 20.6 Å². The fourth-order valence-corrected chi connectivity index (χ4v) is 7.37. The Labute approximate surface area is 201 Å². The van der Waals surface area contributed by atoms with Gasteiger partial charge < -0.3 is 14.4 Å². The van der Waals surface area contributed by atoms with E-state index in [0.717, 1.165) is 36.6 Å². The third-order valence-electron chi connectivity index (χ3n) is 4.43. The molecular weight excluding hydrogens is 573 g/mol. The molecule has 1 amide bonds. The molecule has 4 nitrogen and oxygen atoms in total. The molecule has 1 unspecified atom stereocenters. The van der Waals surface area contributed by atoms with E-state index in [1.807, 2.05) is 47.9 Å². The topological polar surface area (TPSA) is 47.6 Å². The van der Waals surface area contributed by atoms with Crippen LogP contribution < -0.4 is 5.32 Å². The quantitative estimate of drug-likeness (QED) is 0.311. The minimum Gasteiger partial charge on any atom is -0.333 e. The molecule has 30 heavy (non-hydrogen) atoms. The first-order valence-electron chi connectivity index (χ1n) is 9.16. The van der Waals surface area contributed by atoms with Crippen LogP contribution in [-0.4, -0.2) is 19.1 Å². The Hall–Kier alpha value is -0.790. The van der Waals surface area contributed by atoms with Crippen LogP contribution in [0.15, 0.2) is 56.9 Å². The number of rotatable bonds is 5. The van der Waals surface area contributed by atoms with Crippen molar-refractivity contribution >= 4 is 85.2 Å². The van der Waals surface area contributed by atoms with Crippen molar-refractivity contribution in [1.29, 1.82) is 0 Å². The standard InChI is InChI=1S/C21H17Br2ClNO3PS/c22-14-8-13(9-15(23)10-14)4-5-25-21(26)20(29-27-6-1-7-28-29)18-12-30-19-3-2-16(24)11-17(18)19/h2-5,8-12,20H,1,6-7H2,(H,25,26). The average molecular weight is 590 g/mol. The van der Waals surface area contributed by atoms with Crippen LogP contribution in [-0.2, 0) is 13.8 Å². The van der Waals surface area contributed by atoms with Crippen LogP contribution >= 0.6 is 63.2 Å². The molecule has 2 aromatic carbocycles. The highest BCUT2D eigenvalue weighted by molar-refractivity contribution is 9.11. The van der Waals surface area contributed by atoms with Gasteiger partial charge in [0.1, 0.15) is 5.66 Å². The number of nitrogens with one attached hydrogen (secondary N) is 1. The third kappa shape index (κ3) is 5.33. The number of benzene rings is 2. The predicted molar refractivity (Wildman–Crippen MR) is 132 cm³/mol. The summed E-state index contributed by atoms with van der Waals surface area (Å²) < 4.78 is 14.7. The molecule has 1 aromatic heterocycles. The van der Waals surface area contributed by atoms with Gasteiger partial charge >= 0.3 is 0 Å². The minimum absolute atomic E-state index is 0.159. The lowest BCUT2D eigenvalue weighted by atomic mass is 10.1. The number of carbonyl (C=O) groups excluding carboxylic acids is 1. The normalized spacial score (nSPS) is 16.2. The summed E-state index contributed by atoms with van der Waals surface area (Å²) in [5.74, 6) is -0.159. The maximum absolute atomic E-state index is 13.2. The molecule has 9 heteroatoms. The summed E-state index contributed by atoms with van der Waals surface area (Å²) in [5.41, 5.74) is 1.31. The molecule has 4 rings (SSSR count). The fourth-order valence-electron chi connectivity index (χ4n) is 3.11. The number of hydrogen-bond acceptors (Lipinski definition) is 4. The molecule has 2 heterocycles. The van der Waals surface area contributed by atoms with E-state index >= 15 is 0 Å². The maximum atomic E-state index is 13.2. The Balaban J connectivity index is 1.61. The van der Waals surface area contributed by atoms with Gasteiger partial charge in [-0.2, -0.15) is 0 Å². The smallest absolute Gasteiger partial charge is 0.240 e. The summed E-state index contributed by atoms with van der Waals surface area (Å²) >= 11 is 14.8. The van der Waals surface area contributed by atoms with Crippen LogP contribution in [0.5, 0.6) is 0 Å². The van der Waals surface area contributed by atoms with E-state index in [-0.39, 0.29) is 5.91 Å². The average Bonchev–Trinajstić information content (AvgIpc) is 3.11. The zero-order chi connectivity index (χ0) is 21.1. The zero-order valence-electron chi connectivity index (χ0n) is 15.6. The second-order valence-electron chi connectivity index (χ2n) is 6.58. The van der Waals surface area contributed by atoms with Crippen LogP contribution in [0.3, 0.4) is 0 Å². The second kappa shape index (κ2) is 10.2. The molecular formula is C21H17Br2ClNO3PS. The number of thiophene rings is 1. The summed E-state index contributed by atoms with van der Waals surface area (Å²) in [6, 6.07) is 11.6. The minimum atomic E-state index is -1.39. The van der Waals surface area contributed by atoms with Crippen LogP contribution in [0, 0.1) is 0 Å². The Kier molecular flexibility index (Phi) is 7.63. The first-order valence-corrected chi connectivity index (χ1v) is 13.2. The molecule has 0 bridgehead atoms. The van der Waals surface area contributed by atoms with Gasteiger partial charge in [-0.3, -0.25) is 4.79 Å². The first kappa shape index (κ1) is 22.4. The number of fused-ring (bicyclic) bond motifs is 1. The number of carbonyl (C=O) groups is 1. The zero-order valence-corrected chi connectivity index (χ0v) is 21.2. The summed E-state index contributed by atoms with van der Waals surface area (Å²) in [5, 5.41) is 6.52.